The largest absolute Gasteiger partial charge is 0.292 e. The van der Waals surface area contributed by atoms with E-state index >= 15 is 0 Å². The molecule has 1 heterocycles. The zero-order valence-corrected chi connectivity index (χ0v) is 17.2. The maximum atomic E-state index is 11.3. The van der Waals surface area contributed by atoms with Crippen molar-refractivity contribution in [1.82, 2.24) is 9.55 Å². The Bertz CT molecular complexity index is 1510. The fourth-order valence-corrected chi connectivity index (χ4v) is 3.83. The lowest BCUT2D eigenvalue weighted by Gasteiger charge is -2.11. The molecule has 0 aliphatic carbocycles. The molecule has 0 saturated heterocycles. The zero-order valence-electron chi connectivity index (χ0n) is 17.2. The van der Waals surface area contributed by atoms with E-state index in [1.807, 2.05) is 59.2 Å². The third-order valence-electron chi connectivity index (χ3n) is 5.40. The molecule has 1 aromatic heterocycles. The molecular formula is C25H16N4O4. The molecule has 0 amide bonds. The number of nitrogens with zero attached hydrogens (tertiary/aromatic N) is 4. The van der Waals surface area contributed by atoms with Gasteiger partial charge in [-0.15, -0.1) is 0 Å². The molecular weight excluding hydrogens is 420 g/mol. The number of imidazole rings is 1. The van der Waals surface area contributed by atoms with E-state index in [0.717, 1.165) is 16.7 Å². The minimum absolute atomic E-state index is 0.0218. The van der Waals surface area contributed by atoms with Crippen LogP contribution >= 0.6 is 0 Å². The van der Waals surface area contributed by atoms with Gasteiger partial charge in [0.25, 0.3) is 11.4 Å². The molecule has 0 atom stereocenters. The van der Waals surface area contributed by atoms with Crippen LogP contribution in [0.1, 0.15) is 0 Å². The van der Waals surface area contributed by atoms with Crippen molar-refractivity contribution < 1.29 is 9.85 Å². The van der Waals surface area contributed by atoms with Crippen molar-refractivity contribution in [3.05, 3.63) is 117 Å². The standard InChI is InChI=1S/C25H16N4O4/c30-28(31)21-11-9-20(10-12-21)27-24-14-13-22(29(32)33)16-23(24)26-25(27)19-8-4-7-18(15-19)17-5-2-1-3-6-17/h1-16H. The lowest BCUT2D eigenvalue weighted by Crippen LogP contribution is -1.98. The summed E-state index contributed by atoms with van der Waals surface area (Å²) in [6.07, 6.45) is 0. The maximum Gasteiger partial charge on any atom is 0.271 e. The van der Waals surface area contributed by atoms with Gasteiger partial charge in [0.1, 0.15) is 5.82 Å². The van der Waals surface area contributed by atoms with Crippen molar-refractivity contribution >= 4 is 22.4 Å². The van der Waals surface area contributed by atoms with Gasteiger partial charge in [-0.05, 0) is 35.4 Å². The maximum absolute atomic E-state index is 11.3. The molecule has 8 heteroatoms. The summed E-state index contributed by atoms with van der Waals surface area (Å²) >= 11 is 0. The summed E-state index contributed by atoms with van der Waals surface area (Å²) in [5, 5.41) is 22.4. The third-order valence-corrected chi connectivity index (χ3v) is 5.40. The monoisotopic (exact) mass is 436 g/mol. The SMILES string of the molecule is O=[N+]([O-])c1ccc(-n2c(-c3cccc(-c4ccccc4)c3)nc3cc([N+](=O)[O-])ccc32)cc1. The van der Waals surface area contributed by atoms with Crippen LogP contribution in [0.3, 0.4) is 0 Å². The minimum atomic E-state index is -0.458. The first-order chi connectivity index (χ1) is 16.0. The smallest absolute Gasteiger partial charge is 0.271 e. The number of hydrogen-bond acceptors (Lipinski definition) is 5. The number of hydrogen-bond donors (Lipinski definition) is 0. The molecule has 0 radical (unpaired) electrons. The van der Waals surface area contributed by atoms with Gasteiger partial charge in [-0.25, -0.2) is 4.98 Å². The summed E-state index contributed by atoms with van der Waals surface area (Å²) in [5.41, 5.74) is 4.57. The molecule has 5 rings (SSSR count). The highest BCUT2D eigenvalue weighted by Crippen LogP contribution is 2.33. The minimum Gasteiger partial charge on any atom is -0.292 e. The van der Waals surface area contributed by atoms with E-state index in [1.165, 1.54) is 24.3 Å². The molecule has 0 fully saturated rings. The van der Waals surface area contributed by atoms with Crippen LogP contribution in [0.5, 0.6) is 0 Å². The van der Waals surface area contributed by atoms with Crippen molar-refractivity contribution in [3.8, 4) is 28.2 Å². The Labute approximate surface area is 187 Å². The lowest BCUT2D eigenvalue weighted by molar-refractivity contribution is -0.385. The van der Waals surface area contributed by atoms with Gasteiger partial charge in [0.2, 0.25) is 0 Å². The quantitative estimate of drug-likeness (QED) is 0.242. The molecule has 5 aromatic rings. The van der Waals surface area contributed by atoms with Crippen molar-refractivity contribution in [1.29, 1.82) is 0 Å². The van der Waals surface area contributed by atoms with Gasteiger partial charge in [0.15, 0.2) is 0 Å². The normalized spacial score (nSPS) is 10.9. The summed E-state index contributed by atoms with van der Waals surface area (Å²) in [6, 6.07) is 28.4. The summed E-state index contributed by atoms with van der Waals surface area (Å²) in [7, 11) is 0. The molecule has 33 heavy (non-hydrogen) atoms. The molecule has 0 aliphatic rings. The second-order valence-corrected chi connectivity index (χ2v) is 7.42. The summed E-state index contributed by atoms with van der Waals surface area (Å²) in [5.74, 6) is 0.581. The van der Waals surface area contributed by atoms with E-state index in [4.69, 9.17) is 4.98 Å². The molecule has 0 bridgehead atoms. The number of nitro benzene ring substituents is 2. The highest BCUT2D eigenvalue weighted by molar-refractivity contribution is 5.86. The summed E-state index contributed by atoms with van der Waals surface area (Å²) in [6.45, 7) is 0. The van der Waals surface area contributed by atoms with Gasteiger partial charge in [-0.2, -0.15) is 0 Å². The summed E-state index contributed by atoms with van der Waals surface area (Å²) in [4.78, 5) is 26.2. The van der Waals surface area contributed by atoms with E-state index in [-0.39, 0.29) is 11.4 Å². The Kier molecular flexibility index (Phi) is 4.87. The number of non-ortho nitro benzene ring substituents is 2. The van der Waals surface area contributed by atoms with Gasteiger partial charge in [-0.3, -0.25) is 24.8 Å². The third kappa shape index (κ3) is 3.70. The number of benzene rings is 4. The van der Waals surface area contributed by atoms with E-state index in [1.54, 1.807) is 18.2 Å². The van der Waals surface area contributed by atoms with Crippen LogP contribution in [0.4, 0.5) is 11.4 Å². The number of aromatic nitrogens is 2. The molecule has 0 saturated carbocycles. The predicted molar refractivity (Wildman–Crippen MR) is 125 cm³/mol. The lowest BCUT2D eigenvalue weighted by atomic mass is 10.0. The molecule has 160 valence electrons. The van der Waals surface area contributed by atoms with E-state index in [9.17, 15) is 20.2 Å². The van der Waals surface area contributed by atoms with E-state index in [0.29, 0.717) is 22.5 Å². The topological polar surface area (TPSA) is 104 Å². The Morgan fingerprint density at radius 2 is 1.27 bits per heavy atom. The fraction of sp³-hybridized carbons (Fsp3) is 0. The van der Waals surface area contributed by atoms with Crippen LogP contribution in [-0.2, 0) is 0 Å². The molecule has 0 spiro atoms. The number of nitro groups is 2. The van der Waals surface area contributed by atoms with Crippen LogP contribution in [0, 0.1) is 20.2 Å². The van der Waals surface area contributed by atoms with E-state index < -0.39 is 9.85 Å². The second-order valence-electron chi connectivity index (χ2n) is 7.42. The van der Waals surface area contributed by atoms with Crippen molar-refractivity contribution in [3.63, 3.8) is 0 Å². The Morgan fingerprint density at radius 1 is 0.636 bits per heavy atom. The molecule has 0 aliphatic heterocycles. The van der Waals surface area contributed by atoms with Crippen LogP contribution < -0.4 is 0 Å². The first-order valence-corrected chi connectivity index (χ1v) is 10.1. The molecule has 4 aromatic carbocycles. The first-order valence-electron chi connectivity index (χ1n) is 10.1. The average molecular weight is 436 g/mol. The van der Waals surface area contributed by atoms with Gasteiger partial charge < -0.3 is 0 Å². The van der Waals surface area contributed by atoms with Crippen LogP contribution in [-0.4, -0.2) is 19.4 Å². The van der Waals surface area contributed by atoms with Crippen molar-refractivity contribution in [2.24, 2.45) is 0 Å². The van der Waals surface area contributed by atoms with Gasteiger partial charge in [0.05, 0.1) is 20.9 Å². The second kappa shape index (κ2) is 8.01. The van der Waals surface area contributed by atoms with Gasteiger partial charge in [-0.1, -0.05) is 48.5 Å². The Balaban J connectivity index is 1.73. The number of rotatable bonds is 5. The van der Waals surface area contributed by atoms with Gasteiger partial charge in [0, 0.05) is 35.5 Å². The van der Waals surface area contributed by atoms with Crippen LogP contribution in [0.15, 0.2) is 97.1 Å². The molecule has 0 unspecified atom stereocenters. The average Bonchev–Trinajstić information content (AvgIpc) is 3.23. The highest BCUT2D eigenvalue weighted by Gasteiger charge is 2.18. The molecule has 8 nitrogen and oxygen atoms in total. The molecule has 0 N–H and O–H groups in total. The zero-order chi connectivity index (χ0) is 22.9. The Hall–Kier alpha value is -4.85. The fourth-order valence-electron chi connectivity index (χ4n) is 3.83. The van der Waals surface area contributed by atoms with Crippen LogP contribution in [0.25, 0.3) is 39.2 Å². The van der Waals surface area contributed by atoms with Gasteiger partial charge >= 0.3 is 0 Å². The Morgan fingerprint density at radius 3 is 1.97 bits per heavy atom. The van der Waals surface area contributed by atoms with Crippen LogP contribution in [0.2, 0.25) is 0 Å². The van der Waals surface area contributed by atoms with Crippen molar-refractivity contribution in [2.75, 3.05) is 0 Å². The van der Waals surface area contributed by atoms with E-state index in [2.05, 4.69) is 0 Å². The first kappa shape index (κ1) is 20.1. The number of fused-ring (bicyclic) bond motifs is 1. The predicted octanol–water partition coefficient (Wildman–Crippen LogP) is 6.18. The summed E-state index contributed by atoms with van der Waals surface area (Å²) < 4.78 is 1.85. The highest BCUT2D eigenvalue weighted by atomic mass is 16.6. The van der Waals surface area contributed by atoms with Crippen molar-refractivity contribution in [2.45, 2.75) is 0 Å².